The maximum Gasteiger partial charge on any atom is 0.234 e. The molecule has 2 aromatic rings. The molecule has 1 N–H and O–H groups in total. The Bertz CT molecular complexity index is 790. The summed E-state index contributed by atoms with van der Waals surface area (Å²) in [4.78, 5) is 12.4. The van der Waals surface area contributed by atoms with Crippen LogP contribution in [0.1, 0.15) is 50.8 Å². The van der Waals surface area contributed by atoms with Crippen molar-refractivity contribution in [2.45, 2.75) is 56.6 Å². The standard InChI is InChI=1S/C19H25ClN4O2S/c1-3-24-18(13-7-5-4-6-8-13)22-23-19(24)27-12-17(25)21-15-11-14(20)9-10-16(15)26-2/h9-11,13H,3-8,12H2,1-2H3,(H,21,25). The summed E-state index contributed by atoms with van der Waals surface area (Å²) < 4.78 is 7.41. The predicted molar refractivity (Wildman–Crippen MR) is 109 cm³/mol. The fraction of sp³-hybridized carbons (Fsp3) is 0.526. The summed E-state index contributed by atoms with van der Waals surface area (Å²) in [5.74, 6) is 2.25. The fourth-order valence-electron chi connectivity index (χ4n) is 3.46. The highest BCUT2D eigenvalue weighted by molar-refractivity contribution is 7.99. The van der Waals surface area contributed by atoms with Crippen molar-refractivity contribution in [3.05, 3.63) is 29.0 Å². The quantitative estimate of drug-likeness (QED) is 0.670. The minimum absolute atomic E-state index is 0.134. The summed E-state index contributed by atoms with van der Waals surface area (Å²) in [7, 11) is 1.56. The molecule has 3 rings (SSSR count). The predicted octanol–water partition coefficient (Wildman–Crippen LogP) is 4.74. The van der Waals surface area contributed by atoms with Gasteiger partial charge in [-0.05, 0) is 38.0 Å². The number of nitrogens with zero attached hydrogens (tertiary/aromatic N) is 3. The molecule has 0 atom stereocenters. The van der Waals surface area contributed by atoms with E-state index in [0.29, 0.717) is 22.4 Å². The lowest BCUT2D eigenvalue weighted by atomic mass is 9.89. The van der Waals surface area contributed by atoms with Crippen LogP contribution in [0.5, 0.6) is 5.75 Å². The van der Waals surface area contributed by atoms with Crippen molar-refractivity contribution >= 4 is 35.0 Å². The number of carbonyl (C=O) groups is 1. The first-order valence-electron chi connectivity index (χ1n) is 9.31. The smallest absolute Gasteiger partial charge is 0.234 e. The van der Waals surface area contributed by atoms with Gasteiger partial charge >= 0.3 is 0 Å². The lowest BCUT2D eigenvalue weighted by Crippen LogP contribution is -2.16. The SMILES string of the molecule is CCn1c(SCC(=O)Nc2cc(Cl)ccc2OC)nnc1C1CCCCC1. The summed E-state index contributed by atoms with van der Waals surface area (Å²) in [5, 5.41) is 13.0. The lowest BCUT2D eigenvalue weighted by Gasteiger charge is -2.21. The highest BCUT2D eigenvalue weighted by Crippen LogP contribution is 2.33. The molecule has 0 aliphatic heterocycles. The van der Waals surface area contributed by atoms with Gasteiger partial charge in [0.05, 0.1) is 18.6 Å². The van der Waals surface area contributed by atoms with E-state index in [2.05, 4.69) is 27.0 Å². The van der Waals surface area contributed by atoms with Crippen LogP contribution >= 0.6 is 23.4 Å². The molecule has 0 saturated heterocycles. The maximum atomic E-state index is 12.4. The number of halogens is 1. The van der Waals surface area contributed by atoms with Gasteiger partial charge in [-0.25, -0.2) is 0 Å². The molecular weight excluding hydrogens is 384 g/mol. The number of ether oxygens (including phenoxy) is 1. The van der Waals surface area contributed by atoms with Gasteiger partial charge in [-0.1, -0.05) is 42.6 Å². The molecule has 1 heterocycles. The average Bonchev–Trinajstić information content (AvgIpc) is 3.10. The molecule has 146 valence electrons. The average molecular weight is 409 g/mol. The number of carbonyl (C=O) groups excluding carboxylic acids is 1. The van der Waals surface area contributed by atoms with Crippen molar-refractivity contribution < 1.29 is 9.53 Å². The van der Waals surface area contributed by atoms with Gasteiger partial charge in [-0.2, -0.15) is 0 Å². The maximum absolute atomic E-state index is 12.4. The number of aromatic nitrogens is 3. The number of hydrogen-bond acceptors (Lipinski definition) is 5. The van der Waals surface area contributed by atoms with E-state index < -0.39 is 0 Å². The van der Waals surface area contributed by atoms with Crippen molar-refractivity contribution in [3.63, 3.8) is 0 Å². The van der Waals surface area contributed by atoms with Crippen LogP contribution in [-0.2, 0) is 11.3 Å². The summed E-state index contributed by atoms with van der Waals surface area (Å²) >= 11 is 7.42. The molecule has 1 aromatic carbocycles. The third-order valence-corrected chi connectivity index (χ3v) is 6.00. The second kappa shape index (κ2) is 9.46. The lowest BCUT2D eigenvalue weighted by molar-refractivity contribution is -0.113. The Morgan fingerprint density at radius 2 is 2.11 bits per heavy atom. The van der Waals surface area contributed by atoms with Crippen molar-refractivity contribution in [3.8, 4) is 5.75 Å². The van der Waals surface area contributed by atoms with E-state index in [1.165, 1.54) is 43.9 Å². The molecule has 6 nitrogen and oxygen atoms in total. The minimum atomic E-state index is -0.134. The van der Waals surface area contributed by atoms with Gasteiger partial charge in [-0.3, -0.25) is 4.79 Å². The number of hydrogen-bond donors (Lipinski definition) is 1. The number of amides is 1. The second-order valence-electron chi connectivity index (χ2n) is 6.60. The van der Waals surface area contributed by atoms with Gasteiger partial charge in [0.25, 0.3) is 0 Å². The molecule has 1 fully saturated rings. The van der Waals surface area contributed by atoms with Gasteiger partial charge in [0.15, 0.2) is 5.16 Å². The molecule has 27 heavy (non-hydrogen) atoms. The Hall–Kier alpha value is -1.73. The highest BCUT2D eigenvalue weighted by atomic mass is 35.5. The van der Waals surface area contributed by atoms with Crippen molar-refractivity contribution in [1.82, 2.24) is 14.8 Å². The third-order valence-electron chi connectivity index (χ3n) is 4.80. The highest BCUT2D eigenvalue weighted by Gasteiger charge is 2.23. The first kappa shape index (κ1) is 20.0. The molecule has 1 aromatic heterocycles. The van der Waals surface area contributed by atoms with Crippen LogP contribution in [0.25, 0.3) is 0 Å². The molecule has 0 radical (unpaired) electrons. The second-order valence-corrected chi connectivity index (χ2v) is 7.98. The van der Waals surface area contributed by atoms with Crippen molar-refractivity contribution in [1.29, 1.82) is 0 Å². The molecule has 1 saturated carbocycles. The van der Waals surface area contributed by atoms with E-state index in [-0.39, 0.29) is 11.7 Å². The molecule has 8 heteroatoms. The Morgan fingerprint density at radius 1 is 1.33 bits per heavy atom. The number of benzene rings is 1. The van der Waals surface area contributed by atoms with E-state index >= 15 is 0 Å². The van der Waals surface area contributed by atoms with E-state index in [4.69, 9.17) is 16.3 Å². The van der Waals surface area contributed by atoms with E-state index in [1.807, 2.05) is 0 Å². The Morgan fingerprint density at radius 3 is 2.81 bits per heavy atom. The van der Waals surface area contributed by atoms with Crippen molar-refractivity contribution in [2.75, 3.05) is 18.2 Å². The molecular formula is C19H25ClN4O2S. The first-order chi connectivity index (χ1) is 13.1. The zero-order chi connectivity index (χ0) is 19.2. The van der Waals surface area contributed by atoms with Crippen LogP contribution in [0, 0.1) is 0 Å². The molecule has 0 spiro atoms. The van der Waals surface area contributed by atoms with E-state index in [0.717, 1.165) is 17.5 Å². The Kier molecular flexibility index (Phi) is 7.01. The monoisotopic (exact) mass is 408 g/mol. The van der Waals surface area contributed by atoms with Gasteiger partial charge in [0.1, 0.15) is 11.6 Å². The minimum Gasteiger partial charge on any atom is -0.495 e. The largest absolute Gasteiger partial charge is 0.495 e. The van der Waals surface area contributed by atoms with E-state index in [9.17, 15) is 4.79 Å². The summed E-state index contributed by atoms with van der Waals surface area (Å²) in [6.45, 7) is 2.90. The molecule has 1 amide bonds. The first-order valence-corrected chi connectivity index (χ1v) is 10.7. The summed E-state index contributed by atoms with van der Waals surface area (Å²) in [6, 6.07) is 5.13. The summed E-state index contributed by atoms with van der Waals surface area (Å²) in [6.07, 6.45) is 6.18. The van der Waals surface area contributed by atoms with Crippen molar-refractivity contribution in [2.24, 2.45) is 0 Å². The number of thioether (sulfide) groups is 1. The number of nitrogens with one attached hydrogen (secondary N) is 1. The number of methoxy groups -OCH3 is 1. The van der Waals surface area contributed by atoms with Crippen LogP contribution in [-0.4, -0.2) is 33.5 Å². The van der Waals surface area contributed by atoms with Gasteiger partial charge in [-0.15, -0.1) is 10.2 Å². The molecule has 1 aliphatic carbocycles. The third kappa shape index (κ3) is 4.96. The normalized spacial score (nSPS) is 14.9. The van der Waals surface area contributed by atoms with Crippen LogP contribution < -0.4 is 10.1 Å². The topological polar surface area (TPSA) is 69.0 Å². The molecule has 0 unspecified atom stereocenters. The van der Waals surface area contributed by atoms with Crippen LogP contribution in [0.15, 0.2) is 23.4 Å². The van der Waals surface area contributed by atoms with Crippen LogP contribution in [0.3, 0.4) is 0 Å². The fourth-order valence-corrected chi connectivity index (χ4v) is 4.44. The zero-order valence-electron chi connectivity index (χ0n) is 15.7. The number of anilines is 1. The summed E-state index contributed by atoms with van der Waals surface area (Å²) in [5.41, 5.74) is 0.565. The van der Waals surface area contributed by atoms with E-state index in [1.54, 1.807) is 25.3 Å². The molecule has 1 aliphatic rings. The molecule has 0 bridgehead atoms. The van der Waals surface area contributed by atoms with Crippen LogP contribution in [0.2, 0.25) is 5.02 Å². The van der Waals surface area contributed by atoms with Gasteiger partial charge < -0.3 is 14.6 Å². The van der Waals surface area contributed by atoms with Gasteiger partial charge in [0, 0.05) is 17.5 Å². The Labute approximate surface area is 169 Å². The zero-order valence-corrected chi connectivity index (χ0v) is 17.3. The van der Waals surface area contributed by atoms with Crippen LogP contribution in [0.4, 0.5) is 5.69 Å². The Balaban J connectivity index is 1.64. The van der Waals surface area contributed by atoms with Gasteiger partial charge in [0.2, 0.25) is 5.91 Å². The number of rotatable bonds is 7.